The lowest BCUT2D eigenvalue weighted by Gasteiger charge is -2.08. The molecule has 1 heterocycles. The molecule has 13 heavy (non-hydrogen) atoms. The van der Waals surface area contributed by atoms with Gasteiger partial charge >= 0.3 is 0 Å². The van der Waals surface area contributed by atoms with Gasteiger partial charge in [-0.15, -0.1) is 0 Å². The second kappa shape index (κ2) is 3.24. The minimum absolute atomic E-state index is 0.587. The van der Waals surface area contributed by atoms with E-state index in [0.29, 0.717) is 5.82 Å². The molecule has 0 saturated heterocycles. The average Bonchev–Trinajstić information content (AvgIpc) is 2.90. The second-order valence-electron chi connectivity index (χ2n) is 3.75. The van der Waals surface area contributed by atoms with Gasteiger partial charge in [0.05, 0.1) is 0 Å². The number of nitrogen functional groups attached to an aromatic ring is 1. The Morgan fingerprint density at radius 2 is 2.38 bits per heavy atom. The van der Waals surface area contributed by atoms with Crippen molar-refractivity contribution >= 4 is 11.5 Å². The van der Waals surface area contributed by atoms with Gasteiger partial charge in [-0.2, -0.15) is 0 Å². The van der Waals surface area contributed by atoms with Crippen LogP contribution in [0.5, 0.6) is 0 Å². The van der Waals surface area contributed by atoms with E-state index in [0.717, 1.165) is 23.7 Å². The molecule has 3 heteroatoms. The van der Waals surface area contributed by atoms with E-state index >= 15 is 0 Å². The zero-order chi connectivity index (χ0) is 9.26. The molecule has 0 radical (unpaired) electrons. The van der Waals surface area contributed by atoms with Crippen molar-refractivity contribution in [1.29, 1.82) is 0 Å². The molecular weight excluding hydrogens is 162 g/mol. The Morgan fingerprint density at radius 3 is 3.08 bits per heavy atom. The van der Waals surface area contributed by atoms with Crippen LogP contribution in [0.15, 0.2) is 12.3 Å². The minimum atomic E-state index is 0.587. The molecule has 0 atom stereocenters. The van der Waals surface area contributed by atoms with Gasteiger partial charge in [0, 0.05) is 24.5 Å². The van der Waals surface area contributed by atoms with E-state index in [9.17, 15) is 0 Å². The number of anilines is 2. The summed E-state index contributed by atoms with van der Waals surface area (Å²) in [5.74, 6) is 1.47. The van der Waals surface area contributed by atoms with Crippen molar-refractivity contribution in [2.24, 2.45) is 5.92 Å². The first kappa shape index (κ1) is 8.35. The highest BCUT2D eigenvalue weighted by molar-refractivity contribution is 5.55. The van der Waals surface area contributed by atoms with Gasteiger partial charge in [0.15, 0.2) is 0 Å². The maximum absolute atomic E-state index is 5.60. The number of nitrogens with two attached hydrogens (primary N) is 1. The van der Waals surface area contributed by atoms with E-state index in [1.165, 1.54) is 12.8 Å². The fraction of sp³-hybridized carbons (Fsp3) is 0.500. The summed E-state index contributed by atoms with van der Waals surface area (Å²) in [7, 11) is 0. The number of nitrogens with zero attached hydrogens (tertiary/aromatic N) is 1. The molecule has 0 aliphatic heterocycles. The molecule has 1 fully saturated rings. The molecule has 1 aliphatic carbocycles. The zero-order valence-corrected chi connectivity index (χ0v) is 7.88. The topological polar surface area (TPSA) is 50.9 Å². The highest BCUT2D eigenvalue weighted by atomic mass is 14.9. The largest absolute Gasteiger partial charge is 0.384 e. The highest BCUT2D eigenvalue weighted by Gasteiger charge is 2.20. The maximum atomic E-state index is 5.60. The SMILES string of the molecule is Cc1cnc(N)cc1NCC1CC1. The van der Waals surface area contributed by atoms with Crippen LogP contribution < -0.4 is 11.1 Å². The van der Waals surface area contributed by atoms with Gasteiger partial charge < -0.3 is 11.1 Å². The van der Waals surface area contributed by atoms with Crippen LogP contribution in [-0.2, 0) is 0 Å². The minimum Gasteiger partial charge on any atom is -0.384 e. The summed E-state index contributed by atoms with van der Waals surface area (Å²) in [5.41, 5.74) is 7.88. The molecule has 0 spiro atoms. The zero-order valence-electron chi connectivity index (χ0n) is 7.88. The lowest BCUT2D eigenvalue weighted by molar-refractivity contribution is 0.887. The fourth-order valence-electron chi connectivity index (χ4n) is 1.31. The third kappa shape index (κ3) is 2.11. The second-order valence-corrected chi connectivity index (χ2v) is 3.75. The number of hydrogen-bond donors (Lipinski definition) is 2. The van der Waals surface area contributed by atoms with Gasteiger partial charge in [0.25, 0.3) is 0 Å². The van der Waals surface area contributed by atoms with Crippen LogP contribution in [0.4, 0.5) is 11.5 Å². The van der Waals surface area contributed by atoms with E-state index in [1.54, 1.807) is 0 Å². The van der Waals surface area contributed by atoms with E-state index in [-0.39, 0.29) is 0 Å². The number of pyridine rings is 1. The normalized spacial score (nSPS) is 15.8. The number of aromatic nitrogens is 1. The van der Waals surface area contributed by atoms with Crippen molar-refractivity contribution in [2.45, 2.75) is 19.8 Å². The Labute approximate surface area is 78.4 Å². The van der Waals surface area contributed by atoms with Crippen molar-refractivity contribution in [3.05, 3.63) is 17.8 Å². The number of hydrogen-bond acceptors (Lipinski definition) is 3. The quantitative estimate of drug-likeness (QED) is 0.740. The Kier molecular flexibility index (Phi) is 2.08. The lowest BCUT2D eigenvalue weighted by Crippen LogP contribution is -2.05. The van der Waals surface area contributed by atoms with E-state index in [2.05, 4.69) is 10.3 Å². The Balaban J connectivity index is 2.03. The summed E-state index contributed by atoms with van der Waals surface area (Å²) in [6, 6.07) is 1.90. The van der Waals surface area contributed by atoms with Gasteiger partial charge in [-0.25, -0.2) is 4.98 Å². The smallest absolute Gasteiger partial charge is 0.125 e. The Hall–Kier alpha value is -1.25. The molecule has 0 aromatic carbocycles. The molecular formula is C10H15N3. The summed E-state index contributed by atoms with van der Waals surface area (Å²) in [4.78, 5) is 4.02. The van der Waals surface area contributed by atoms with Crippen molar-refractivity contribution < 1.29 is 0 Å². The Bertz CT molecular complexity index is 305. The van der Waals surface area contributed by atoms with Crippen LogP contribution in [0.3, 0.4) is 0 Å². The number of aryl methyl sites for hydroxylation is 1. The first-order valence-corrected chi connectivity index (χ1v) is 4.71. The summed E-state index contributed by atoms with van der Waals surface area (Å²) < 4.78 is 0. The molecule has 0 bridgehead atoms. The summed E-state index contributed by atoms with van der Waals surface area (Å²) in [6.07, 6.45) is 4.55. The number of rotatable bonds is 3. The summed E-state index contributed by atoms with van der Waals surface area (Å²) in [5, 5.41) is 3.40. The molecule has 1 aromatic heterocycles. The van der Waals surface area contributed by atoms with Crippen molar-refractivity contribution in [2.75, 3.05) is 17.6 Å². The molecule has 1 aliphatic rings. The first-order chi connectivity index (χ1) is 6.25. The number of nitrogens with one attached hydrogen (secondary N) is 1. The molecule has 1 aromatic rings. The van der Waals surface area contributed by atoms with Crippen LogP contribution in [0, 0.1) is 12.8 Å². The van der Waals surface area contributed by atoms with Gasteiger partial charge in [0.2, 0.25) is 0 Å². The van der Waals surface area contributed by atoms with Gasteiger partial charge in [-0.05, 0) is 31.2 Å². The van der Waals surface area contributed by atoms with Crippen LogP contribution in [0.2, 0.25) is 0 Å². The van der Waals surface area contributed by atoms with Crippen molar-refractivity contribution in [3.8, 4) is 0 Å². The predicted molar refractivity (Wildman–Crippen MR) is 54.6 cm³/mol. The first-order valence-electron chi connectivity index (χ1n) is 4.71. The lowest BCUT2D eigenvalue weighted by atomic mass is 10.2. The maximum Gasteiger partial charge on any atom is 0.125 e. The predicted octanol–water partition coefficient (Wildman–Crippen LogP) is 1.79. The summed E-state index contributed by atoms with van der Waals surface area (Å²) in [6.45, 7) is 3.12. The fourth-order valence-corrected chi connectivity index (χ4v) is 1.31. The van der Waals surface area contributed by atoms with E-state index < -0.39 is 0 Å². The molecule has 2 rings (SSSR count). The molecule has 3 N–H and O–H groups in total. The van der Waals surface area contributed by atoms with Gasteiger partial charge in [0.1, 0.15) is 5.82 Å². The molecule has 0 unspecified atom stereocenters. The molecule has 1 saturated carbocycles. The summed E-state index contributed by atoms with van der Waals surface area (Å²) >= 11 is 0. The van der Waals surface area contributed by atoms with Crippen LogP contribution in [0.25, 0.3) is 0 Å². The monoisotopic (exact) mass is 177 g/mol. The van der Waals surface area contributed by atoms with Crippen LogP contribution in [0.1, 0.15) is 18.4 Å². The van der Waals surface area contributed by atoms with Crippen LogP contribution in [-0.4, -0.2) is 11.5 Å². The average molecular weight is 177 g/mol. The highest BCUT2D eigenvalue weighted by Crippen LogP contribution is 2.29. The van der Waals surface area contributed by atoms with Crippen LogP contribution >= 0.6 is 0 Å². The molecule has 70 valence electrons. The standard InChI is InChI=1S/C10H15N3/c1-7-5-13-10(11)4-9(7)12-6-8-2-3-8/h4-5,8H,2-3,6H2,1H3,(H3,11,12,13). The van der Waals surface area contributed by atoms with Gasteiger partial charge in [-0.1, -0.05) is 0 Å². The third-order valence-electron chi connectivity index (χ3n) is 2.40. The molecule has 0 amide bonds. The van der Waals surface area contributed by atoms with Crippen molar-refractivity contribution in [3.63, 3.8) is 0 Å². The molecule has 3 nitrogen and oxygen atoms in total. The van der Waals surface area contributed by atoms with Gasteiger partial charge in [-0.3, -0.25) is 0 Å². The Morgan fingerprint density at radius 1 is 1.62 bits per heavy atom. The van der Waals surface area contributed by atoms with Crippen molar-refractivity contribution in [1.82, 2.24) is 4.98 Å². The van der Waals surface area contributed by atoms with E-state index in [1.807, 2.05) is 19.2 Å². The third-order valence-corrected chi connectivity index (χ3v) is 2.40. The van der Waals surface area contributed by atoms with E-state index in [4.69, 9.17) is 5.73 Å².